The fourth-order valence-corrected chi connectivity index (χ4v) is 3.10. The lowest BCUT2D eigenvalue weighted by Gasteiger charge is -2.36. The topological polar surface area (TPSA) is 82.1 Å². The molecule has 0 saturated carbocycles. The first-order valence-electron chi connectivity index (χ1n) is 9.08. The Morgan fingerprint density at radius 1 is 1.23 bits per heavy atom. The number of aromatic hydroxyl groups is 1. The van der Waals surface area contributed by atoms with Gasteiger partial charge in [-0.05, 0) is 18.1 Å². The highest BCUT2D eigenvalue weighted by atomic mass is 16.5. The first-order chi connectivity index (χ1) is 12.5. The molecule has 2 rings (SSSR count). The number of benzene rings is 1. The molecule has 7 nitrogen and oxygen atoms in total. The van der Waals surface area contributed by atoms with E-state index >= 15 is 0 Å². The van der Waals surface area contributed by atoms with Gasteiger partial charge >= 0.3 is 5.97 Å². The lowest BCUT2D eigenvalue weighted by atomic mass is 9.99. The minimum Gasteiger partial charge on any atom is -0.506 e. The van der Waals surface area contributed by atoms with Crippen molar-refractivity contribution in [3.05, 3.63) is 24.3 Å². The van der Waals surface area contributed by atoms with Crippen molar-refractivity contribution >= 4 is 17.6 Å². The van der Waals surface area contributed by atoms with Gasteiger partial charge in [0.2, 0.25) is 5.91 Å². The van der Waals surface area contributed by atoms with Crippen LogP contribution in [0.2, 0.25) is 0 Å². The number of piperazine rings is 1. The number of phenols is 1. The van der Waals surface area contributed by atoms with Gasteiger partial charge in [-0.25, -0.2) is 4.79 Å². The second-order valence-electron chi connectivity index (χ2n) is 6.71. The quantitative estimate of drug-likeness (QED) is 0.709. The smallest absolute Gasteiger partial charge is 0.328 e. The van der Waals surface area contributed by atoms with Crippen LogP contribution < -0.4 is 10.2 Å². The average molecular weight is 363 g/mol. The van der Waals surface area contributed by atoms with E-state index in [9.17, 15) is 14.7 Å². The average Bonchev–Trinajstić information content (AvgIpc) is 2.66. The summed E-state index contributed by atoms with van der Waals surface area (Å²) in [6.07, 6.45) is 0.777. The molecule has 1 aromatic carbocycles. The summed E-state index contributed by atoms with van der Waals surface area (Å²) in [5.74, 6) is -0.286. The van der Waals surface area contributed by atoms with Crippen molar-refractivity contribution in [2.75, 3.05) is 44.7 Å². The molecule has 0 bridgehead atoms. The third-order valence-corrected chi connectivity index (χ3v) is 4.95. The molecule has 1 aliphatic heterocycles. The van der Waals surface area contributed by atoms with Crippen LogP contribution in [-0.4, -0.2) is 67.8 Å². The van der Waals surface area contributed by atoms with Crippen LogP contribution in [-0.2, 0) is 14.3 Å². The molecule has 0 spiro atoms. The van der Waals surface area contributed by atoms with Crippen LogP contribution in [0, 0.1) is 5.92 Å². The highest BCUT2D eigenvalue weighted by Gasteiger charge is 2.28. The van der Waals surface area contributed by atoms with Crippen LogP contribution in [0.15, 0.2) is 24.3 Å². The molecular weight excluding hydrogens is 334 g/mol. The summed E-state index contributed by atoms with van der Waals surface area (Å²) < 4.78 is 4.80. The molecule has 0 unspecified atom stereocenters. The van der Waals surface area contributed by atoms with Crippen LogP contribution in [0.1, 0.15) is 20.3 Å². The van der Waals surface area contributed by atoms with Gasteiger partial charge in [0.15, 0.2) is 0 Å². The first-order valence-corrected chi connectivity index (χ1v) is 9.08. The number of hydrogen-bond donors (Lipinski definition) is 2. The molecule has 1 aliphatic rings. The third kappa shape index (κ3) is 5.11. The Bertz CT molecular complexity index is 615. The van der Waals surface area contributed by atoms with Crippen molar-refractivity contribution in [1.82, 2.24) is 10.2 Å². The number of rotatable bonds is 7. The van der Waals surface area contributed by atoms with Gasteiger partial charge in [-0.2, -0.15) is 0 Å². The highest BCUT2D eigenvalue weighted by molar-refractivity contribution is 5.85. The summed E-state index contributed by atoms with van der Waals surface area (Å²) in [5.41, 5.74) is 0.819. The summed E-state index contributed by atoms with van der Waals surface area (Å²) in [6, 6.07) is 6.66. The van der Waals surface area contributed by atoms with E-state index in [1.165, 1.54) is 7.11 Å². The fourth-order valence-electron chi connectivity index (χ4n) is 3.10. The minimum atomic E-state index is -0.611. The zero-order valence-corrected chi connectivity index (χ0v) is 15.8. The molecule has 2 N–H and O–H groups in total. The molecule has 1 fully saturated rings. The Kier molecular flexibility index (Phi) is 7.26. The number of phenolic OH excluding ortho intramolecular Hbond substituents is 1. The summed E-state index contributed by atoms with van der Waals surface area (Å²) in [6.45, 7) is 7.05. The van der Waals surface area contributed by atoms with E-state index in [0.29, 0.717) is 13.1 Å². The second kappa shape index (κ2) is 9.43. The first kappa shape index (κ1) is 20.0. The Labute approximate surface area is 154 Å². The number of anilines is 1. The van der Waals surface area contributed by atoms with Gasteiger partial charge in [0.1, 0.15) is 11.8 Å². The van der Waals surface area contributed by atoms with Crippen LogP contribution in [0.3, 0.4) is 0 Å². The predicted octanol–water partition coefficient (Wildman–Crippen LogP) is 1.22. The highest BCUT2D eigenvalue weighted by Crippen LogP contribution is 2.27. The fraction of sp³-hybridized carbons (Fsp3) is 0.579. The van der Waals surface area contributed by atoms with Crippen LogP contribution in [0.4, 0.5) is 5.69 Å². The zero-order chi connectivity index (χ0) is 19.1. The number of ether oxygens (including phenoxy) is 1. The van der Waals surface area contributed by atoms with Crippen molar-refractivity contribution in [3.63, 3.8) is 0 Å². The van der Waals surface area contributed by atoms with Gasteiger partial charge in [-0.1, -0.05) is 32.4 Å². The number of carbonyl (C=O) groups is 2. The number of nitrogens with one attached hydrogen (secondary N) is 1. The summed E-state index contributed by atoms with van der Waals surface area (Å²) in [4.78, 5) is 28.4. The molecule has 0 aliphatic carbocycles. The van der Waals surface area contributed by atoms with Crippen molar-refractivity contribution in [1.29, 1.82) is 0 Å². The number of carbonyl (C=O) groups excluding carboxylic acids is 2. The number of para-hydroxylation sites is 2. The van der Waals surface area contributed by atoms with Gasteiger partial charge in [0.05, 0.1) is 19.3 Å². The molecule has 26 heavy (non-hydrogen) atoms. The van der Waals surface area contributed by atoms with E-state index in [1.54, 1.807) is 12.1 Å². The van der Waals surface area contributed by atoms with Gasteiger partial charge in [-0.15, -0.1) is 0 Å². The van der Waals surface area contributed by atoms with E-state index in [1.807, 2.05) is 26.0 Å². The van der Waals surface area contributed by atoms with Gasteiger partial charge < -0.3 is 20.1 Å². The number of hydrogen-bond acceptors (Lipinski definition) is 6. The van der Waals surface area contributed by atoms with E-state index < -0.39 is 12.0 Å². The Morgan fingerprint density at radius 2 is 1.88 bits per heavy atom. The molecule has 1 amide bonds. The normalized spacial score (nSPS) is 17.4. The van der Waals surface area contributed by atoms with Crippen LogP contribution >= 0.6 is 0 Å². The van der Waals surface area contributed by atoms with Gasteiger partial charge in [0, 0.05) is 26.2 Å². The van der Waals surface area contributed by atoms with E-state index in [-0.39, 0.29) is 24.1 Å². The molecule has 0 radical (unpaired) electrons. The monoisotopic (exact) mass is 363 g/mol. The van der Waals surface area contributed by atoms with Gasteiger partial charge in [0.25, 0.3) is 0 Å². The minimum absolute atomic E-state index is 0.0179. The summed E-state index contributed by atoms with van der Waals surface area (Å²) in [7, 11) is 1.34. The molecule has 1 aromatic rings. The molecule has 2 atom stereocenters. The second-order valence-corrected chi connectivity index (χ2v) is 6.71. The Morgan fingerprint density at radius 3 is 2.46 bits per heavy atom. The molecule has 0 aromatic heterocycles. The maximum Gasteiger partial charge on any atom is 0.328 e. The standard InChI is InChI=1S/C19H29N3O4/c1-4-14(2)18(19(25)26-3)20-17(24)13-21-9-11-22(12-10-21)15-7-5-6-8-16(15)23/h5-8,14,18,23H,4,9-13H2,1-3H3,(H,20,24)/t14-,18+/m1/s1. The van der Waals surface area contributed by atoms with Crippen molar-refractivity contribution < 1.29 is 19.4 Å². The number of methoxy groups -OCH3 is 1. The molecule has 1 heterocycles. The lowest BCUT2D eigenvalue weighted by Crippen LogP contribution is -2.52. The predicted molar refractivity (Wildman–Crippen MR) is 100 cm³/mol. The maximum absolute atomic E-state index is 12.4. The molecular formula is C19H29N3O4. The zero-order valence-electron chi connectivity index (χ0n) is 15.8. The van der Waals surface area contributed by atoms with Crippen LogP contribution in [0.5, 0.6) is 5.75 Å². The number of amides is 1. The SMILES string of the molecule is CC[C@@H](C)[C@H](NC(=O)CN1CCN(c2ccccc2O)CC1)C(=O)OC. The number of esters is 1. The van der Waals surface area contributed by atoms with Crippen molar-refractivity contribution in [2.45, 2.75) is 26.3 Å². The summed E-state index contributed by atoms with van der Waals surface area (Å²) in [5, 5.41) is 12.8. The lowest BCUT2D eigenvalue weighted by molar-refractivity contribution is -0.146. The summed E-state index contributed by atoms with van der Waals surface area (Å²) >= 11 is 0. The Balaban J connectivity index is 1.85. The molecule has 1 saturated heterocycles. The maximum atomic E-state index is 12.4. The third-order valence-electron chi connectivity index (χ3n) is 4.95. The van der Waals surface area contributed by atoms with Crippen molar-refractivity contribution in [2.24, 2.45) is 5.92 Å². The molecule has 7 heteroatoms. The largest absolute Gasteiger partial charge is 0.506 e. The van der Waals surface area contributed by atoms with Gasteiger partial charge in [-0.3, -0.25) is 9.69 Å². The number of nitrogens with zero attached hydrogens (tertiary/aromatic N) is 2. The van der Waals surface area contributed by atoms with Crippen LogP contribution in [0.25, 0.3) is 0 Å². The van der Waals surface area contributed by atoms with E-state index in [0.717, 1.165) is 25.2 Å². The molecule has 144 valence electrons. The van der Waals surface area contributed by atoms with E-state index in [4.69, 9.17) is 4.74 Å². The van der Waals surface area contributed by atoms with E-state index in [2.05, 4.69) is 15.1 Å². The Hall–Kier alpha value is -2.28. The van der Waals surface area contributed by atoms with Crippen molar-refractivity contribution in [3.8, 4) is 5.75 Å².